The fourth-order valence-electron chi connectivity index (χ4n) is 4.60. The number of ether oxygens (including phenoxy) is 1. The van der Waals surface area contributed by atoms with E-state index in [1.54, 1.807) is 0 Å². The molecule has 3 atom stereocenters. The first kappa shape index (κ1) is 19.0. The first-order valence-electron chi connectivity index (χ1n) is 8.97. The molecule has 0 aromatic carbocycles. The summed E-state index contributed by atoms with van der Waals surface area (Å²) in [5.41, 5.74) is 0.414. The highest BCUT2D eigenvalue weighted by Gasteiger charge is 2.66. The molecule has 1 aliphatic heterocycles. The number of nitrogens with one attached hydrogen (secondary N) is 1. The summed E-state index contributed by atoms with van der Waals surface area (Å²) in [5.74, 6) is 1.78. The Balaban J connectivity index is 0.00000192. The molecule has 23 heavy (non-hydrogen) atoms. The van der Waals surface area contributed by atoms with Crippen molar-refractivity contribution < 1.29 is 4.74 Å². The normalized spacial score (nSPS) is 30.7. The van der Waals surface area contributed by atoms with Gasteiger partial charge >= 0.3 is 0 Å². The third-order valence-electron chi connectivity index (χ3n) is 5.89. The smallest absolute Gasteiger partial charge is 0.193 e. The van der Waals surface area contributed by atoms with Gasteiger partial charge in [0.1, 0.15) is 0 Å². The summed E-state index contributed by atoms with van der Waals surface area (Å²) in [6.45, 7) is 8.73. The van der Waals surface area contributed by atoms with Crippen molar-refractivity contribution in [2.75, 3.05) is 26.7 Å². The highest BCUT2D eigenvalue weighted by Crippen LogP contribution is 2.62. The van der Waals surface area contributed by atoms with E-state index in [0.29, 0.717) is 23.5 Å². The molecular weight excluding hydrogens is 401 g/mol. The Morgan fingerprint density at radius 1 is 1.48 bits per heavy atom. The maximum atomic E-state index is 6.02. The third kappa shape index (κ3) is 3.41. The Hall–Kier alpha value is -0.300. The SMILES string of the molecule is C=CCCCN(C)C(=NCC)NC1C2CCOC2C12CCC2.I. The van der Waals surface area contributed by atoms with Crippen molar-refractivity contribution in [2.24, 2.45) is 16.3 Å². The lowest BCUT2D eigenvalue weighted by atomic mass is 9.46. The van der Waals surface area contributed by atoms with Crippen LogP contribution in [-0.2, 0) is 4.74 Å². The molecule has 1 spiro atoms. The van der Waals surface area contributed by atoms with E-state index in [4.69, 9.17) is 9.73 Å². The van der Waals surface area contributed by atoms with E-state index in [9.17, 15) is 0 Å². The summed E-state index contributed by atoms with van der Waals surface area (Å²) in [7, 11) is 2.15. The summed E-state index contributed by atoms with van der Waals surface area (Å²) >= 11 is 0. The average molecular weight is 433 g/mol. The van der Waals surface area contributed by atoms with Crippen molar-refractivity contribution >= 4 is 29.9 Å². The zero-order valence-electron chi connectivity index (χ0n) is 14.6. The molecule has 3 fully saturated rings. The van der Waals surface area contributed by atoms with Crippen LogP contribution < -0.4 is 5.32 Å². The van der Waals surface area contributed by atoms with Gasteiger partial charge in [-0.15, -0.1) is 30.6 Å². The average Bonchev–Trinajstić information content (AvgIpc) is 2.87. The Morgan fingerprint density at radius 2 is 2.26 bits per heavy atom. The molecule has 1 N–H and O–H groups in total. The first-order valence-corrected chi connectivity index (χ1v) is 8.97. The molecule has 0 aromatic rings. The lowest BCUT2D eigenvalue weighted by Crippen LogP contribution is -2.72. The molecule has 3 rings (SSSR count). The van der Waals surface area contributed by atoms with Crippen LogP contribution in [0.25, 0.3) is 0 Å². The number of rotatable bonds is 6. The number of allylic oxidation sites excluding steroid dienone is 1. The molecule has 1 heterocycles. The van der Waals surface area contributed by atoms with E-state index < -0.39 is 0 Å². The van der Waals surface area contributed by atoms with Crippen molar-refractivity contribution in [1.82, 2.24) is 10.2 Å². The predicted octanol–water partition coefficient (Wildman–Crippen LogP) is 3.43. The zero-order valence-corrected chi connectivity index (χ0v) is 16.9. The van der Waals surface area contributed by atoms with Crippen molar-refractivity contribution in [3.8, 4) is 0 Å². The summed E-state index contributed by atoms with van der Waals surface area (Å²) in [6.07, 6.45) is 9.94. The van der Waals surface area contributed by atoms with Crippen LogP contribution in [0.2, 0.25) is 0 Å². The van der Waals surface area contributed by atoms with Gasteiger partial charge in [0.15, 0.2) is 5.96 Å². The van der Waals surface area contributed by atoms with E-state index in [0.717, 1.165) is 38.5 Å². The van der Waals surface area contributed by atoms with E-state index in [2.05, 4.69) is 30.8 Å². The van der Waals surface area contributed by atoms with Crippen LogP contribution in [0.15, 0.2) is 17.6 Å². The maximum absolute atomic E-state index is 6.02. The molecule has 2 aliphatic carbocycles. The van der Waals surface area contributed by atoms with Crippen LogP contribution in [0.4, 0.5) is 0 Å². The quantitative estimate of drug-likeness (QED) is 0.229. The van der Waals surface area contributed by atoms with Gasteiger partial charge in [-0.1, -0.05) is 12.5 Å². The van der Waals surface area contributed by atoms with Crippen LogP contribution in [0, 0.1) is 11.3 Å². The van der Waals surface area contributed by atoms with Crippen molar-refractivity contribution in [3.63, 3.8) is 0 Å². The van der Waals surface area contributed by atoms with Gasteiger partial charge in [0.25, 0.3) is 0 Å². The van der Waals surface area contributed by atoms with Gasteiger partial charge in [-0.05, 0) is 39.0 Å². The lowest BCUT2D eigenvalue weighted by molar-refractivity contribution is -0.171. The molecule has 0 aromatic heterocycles. The van der Waals surface area contributed by atoms with E-state index in [-0.39, 0.29) is 24.0 Å². The summed E-state index contributed by atoms with van der Waals surface area (Å²) in [4.78, 5) is 7.01. The van der Waals surface area contributed by atoms with Crippen LogP contribution in [0.5, 0.6) is 0 Å². The largest absolute Gasteiger partial charge is 0.377 e. The van der Waals surface area contributed by atoms with Crippen molar-refractivity contribution in [2.45, 2.75) is 57.6 Å². The molecule has 4 nitrogen and oxygen atoms in total. The minimum absolute atomic E-state index is 0. The number of aliphatic imine (C=N–C) groups is 1. The van der Waals surface area contributed by atoms with Crippen LogP contribution in [0.1, 0.15) is 45.4 Å². The molecule has 132 valence electrons. The van der Waals surface area contributed by atoms with Gasteiger partial charge in [-0.25, -0.2) is 0 Å². The van der Waals surface area contributed by atoms with Crippen molar-refractivity contribution in [1.29, 1.82) is 0 Å². The summed E-state index contributed by atoms with van der Waals surface area (Å²) in [5, 5.41) is 3.82. The van der Waals surface area contributed by atoms with Crippen LogP contribution >= 0.6 is 24.0 Å². The van der Waals surface area contributed by atoms with Gasteiger partial charge in [0.2, 0.25) is 0 Å². The standard InChI is InChI=1S/C18H31N3O.HI/c1-4-6-7-12-21(3)17(19-5-2)20-15-14-9-13-22-16(14)18(15)10-8-11-18;/h4,14-16H,1,5-13H2,2-3H3,(H,19,20);1H. The number of fused-ring (bicyclic) bond motifs is 2. The van der Waals surface area contributed by atoms with E-state index in [1.165, 1.54) is 25.7 Å². The van der Waals surface area contributed by atoms with Crippen molar-refractivity contribution in [3.05, 3.63) is 12.7 Å². The molecule has 3 unspecified atom stereocenters. The minimum Gasteiger partial charge on any atom is -0.377 e. The monoisotopic (exact) mass is 433 g/mol. The highest BCUT2D eigenvalue weighted by molar-refractivity contribution is 14.0. The van der Waals surface area contributed by atoms with E-state index >= 15 is 0 Å². The topological polar surface area (TPSA) is 36.9 Å². The Kier molecular flexibility index (Phi) is 6.77. The lowest BCUT2D eigenvalue weighted by Gasteiger charge is -2.63. The molecule has 0 radical (unpaired) electrons. The number of unbranched alkanes of at least 4 members (excludes halogenated alkanes) is 1. The Bertz CT molecular complexity index is 436. The van der Waals surface area contributed by atoms with Gasteiger partial charge in [-0.2, -0.15) is 0 Å². The predicted molar refractivity (Wildman–Crippen MR) is 107 cm³/mol. The van der Waals surface area contributed by atoms with Gasteiger partial charge in [0, 0.05) is 44.1 Å². The number of halogens is 1. The fourth-order valence-corrected chi connectivity index (χ4v) is 4.60. The second kappa shape index (κ2) is 8.19. The maximum Gasteiger partial charge on any atom is 0.193 e. The van der Waals surface area contributed by atoms with E-state index in [1.807, 2.05) is 6.08 Å². The molecule has 0 amide bonds. The second-order valence-electron chi connectivity index (χ2n) is 7.10. The van der Waals surface area contributed by atoms with Gasteiger partial charge in [-0.3, -0.25) is 4.99 Å². The van der Waals surface area contributed by atoms with Crippen LogP contribution in [-0.4, -0.2) is 49.7 Å². The molecular formula is C18H32IN3O. The molecule has 2 saturated carbocycles. The van der Waals surface area contributed by atoms with Gasteiger partial charge < -0.3 is 15.0 Å². The number of nitrogens with zero attached hydrogens (tertiary/aromatic N) is 2. The third-order valence-corrected chi connectivity index (χ3v) is 5.89. The minimum atomic E-state index is 0. The highest BCUT2D eigenvalue weighted by atomic mass is 127. The summed E-state index contributed by atoms with van der Waals surface area (Å²) in [6, 6.07) is 0.570. The molecule has 1 saturated heterocycles. The van der Waals surface area contributed by atoms with Gasteiger partial charge in [0.05, 0.1) is 6.10 Å². The number of hydrogen-bond acceptors (Lipinski definition) is 2. The number of hydrogen-bond donors (Lipinski definition) is 1. The fraction of sp³-hybridized carbons (Fsp3) is 0.833. The van der Waals surface area contributed by atoms with Crippen LogP contribution in [0.3, 0.4) is 0 Å². The molecule has 5 heteroatoms. The number of guanidine groups is 1. The Morgan fingerprint density at radius 3 is 2.87 bits per heavy atom. The molecule has 0 bridgehead atoms. The Labute approximate surface area is 158 Å². The second-order valence-corrected chi connectivity index (χ2v) is 7.10. The zero-order chi connectivity index (χ0) is 15.6. The molecule has 3 aliphatic rings. The first-order chi connectivity index (χ1) is 10.7. The summed E-state index contributed by atoms with van der Waals surface area (Å²) < 4.78 is 6.02.